The van der Waals surface area contributed by atoms with Gasteiger partial charge in [0.2, 0.25) is 0 Å². The van der Waals surface area contributed by atoms with E-state index in [4.69, 9.17) is 0 Å². The summed E-state index contributed by atoms with van der Waals surface area (Å²) in [6.45, 7) is 5.25. The lowest BCUT2D eigenvalue weighted by molar-refractivity contribution is 0.230. The Balaban J connectivity index is 1.32. The summed E-state index contributed by atoms with van der Waals surface area (Å²) in [5.74, 6) is 0. The molecule has 22 heavy (non-hydrogen) atoms. The van der Waals surface area contributed by atoms with Gasteiger partial charge in [-0.1, -0.05) is 24.3 Å². The first-order chi connectivity index (χ1) is 10.8. The van der Waals surface area contributed by atoms with Gasteiger partial charge in [0.25, 0.3) is 0 Å². The third-order valence-electron chi connectivity index (χ3n) is 4.36. The molecule has 0 aliphatic carbocycles. The Morgan fingerprint density at radius 1 is 1.27 bits per heavy atom. The van der Waals surface area contributed by atoms with E-state index in [1.54, 1.807) is 0 Å². The third-order valence-corrected chi connectivity index (χ3v) is 4.36. The summed E-state index contributed by atoms with van der Waals surface area (Å²) in [5, 5.41) is 5.84. The predicted octanol–water partition coefficient (Wildman–Crippen LogP) is 0.210. The minimum Gasteiger partial charge on any atom is -0.337 e. The van der Waals surface area contributed by atoms with Crippen LogP contribution in [0.3, 0.4) is 0 Å². The van der Waals surface area contributed by atoms with Gasteiger partial charge in [-0.15, -0.1) is 0 Å². The van der Waals surface area contributed by atoms with Crippen molar-refractivity contribution in [1.82, 2.24) is 26.4 Å². The number of fused-ring (bicyclic) bond motifs is 1. The summed E-state index contributed by atoms with van der Waals surface area (Å²) in [6, 6.07) is 8.87. The number of hydrogen-bond acceptors (Lipinski definition) is 4. The van der Waals surface area contributed by atoms with E-state index in [0.29, 0.717) is 19.1 Å². The van der Waals surface area contributed by atoms with Crippen LogP contribution >= 0.6 is 0 Å². The molecule has 0 radical (unpaired) electrons. The van der Waals surface area contributed by atoms with Gasteiger partial charge in [0.15, 0.2) is 0 Å². The second-order valence-electron chi connectivity index (χ2n) is 5.99. The molecule has 1 aromatic rings. The van der Waals surface area contributed by atoms with Crippen LogP contribution in [0.1, 0.15) is 17.5 Å². The molecule has 0 bridgehead atoms. The summed E-state index contributed by atoms with van der Waals surface area (Å²) < 4.78 is 0. The zero-order valence-corrected chi connectivity index (χ0v) is 12.9. The largest absolute Gasteiger partial charge is 0.337 e. The number of hydrazine groups is 1. The first-order valence-corrected chi connectivity index (χ1v) is 8.10. The fourth-order valence-corrected chi connectivity index (χ4v) is 3.04. The van der Waals surface area contributed by atoms with E-state index in [2.05, 4.69) is 50.7 Å². The summed E-state index contributed by atoms with van der Waals surface area (Å²) in [7, 11) is 0. The molecule has 1 fully saturated rings. The third kappa shape index (κ3) is 4.19. The van der Waals surface area contributed by atoms with Crippen LogP contribution in [0.2, 0.25) is 0 Å². The van der Waals surface area contributed by atoms with Gasteiger partial charge in [0.1, 0.15) is 0 Å². The van der Waals surface area contributed by atoms with E-state index in [0.717, 1.165) is 39.0 Å². The number of carbonyl (C=O) groups excluding carboxylic acids is 1. The van der Waals surface area contributed by atoms with Crippen LogP contribution in [-0.2, 0) is 13.0 Å². The van der Waals surface area contributed by atoms with Gasteiger partial charge in [-0.2, -0.15) is 0 Å². The molecule has 6 heteroatoms. The molecule has 120 valence electrons. The van der Waals surface area contributed by atoms with E-state index in [1.165, 1.54) is 11.1 Å². The zero-order chi connectivity index (χ0) is 15.2. The van der Waals surface area contributed by atoms with Crippen LogP contribution in [0.5, 0.6) is 0 Å². The van der Waals surface area contributed by atoms with Crippen molar-refractivity contribution < 1.29 is 4.79 Å². The molecular formula is C16H25N5O. The Labute approximate surface area is 131 Å². The van der Waals surface area contributed by atoms with Gasteiger partial charge in [-0.3, -0.25) is 15.8 Å². The van der Waals surface area contributed by atoms with Gasteiger partial charge in [0.05, 0.1) is 0 Å². The minimum absolute atomic E-state index is 0.0777. The van der Waals surface area contributed by atoms with Crippen molar-refractivity contribution in [3.8, 4) is 0 Å². The van der Waals surface area contributed by atoms with Crippen molar-refractivity contribution in [3.63, 3.8) is 0 Å². The highest BCUT2D eigenvalue weighted by Crippen LogP contribution is 2.17. The zero-order valence-electron chi connectivity index (χ0n) is 12.9. The molecule has 3 rings (SSSR count). The van der Waals surface area contributed by atoms with Crippen LogP contribution in [0.15, 0.2) is 24.3 Å². The predicted molar refractivity (Wildman–Crippen MR) is 86.4 cm³/mol. The standard InChI is InChI=1S/C16H25N5O/c22-16(18-11-15-5-7-19-20-15)17-8-10-21-9-6-13-3-1-2-4-14(13)12-21/h1-4,15,19-20H,5-12H2,(H2,17,18,22). The van der Waals surface area contributed by atoms with Crippen molar-refractivity contribution in [2.24, 2.45) is 0 Å². The van der Waals surface area contributed by atoms with Crippen molar-refractivity contribution in [3.05, 3.63) is 35.4 Å². The van der Waals surface area contributed by atoms with Gasteiger partial charge >= 0.3 is 6.03 Å². The maximum atomic E-state index is 11.8. The van der Waals surface area contributed by atoms with Gasteiger partial charge in [0, 0.05) is 45.3 Å². The highest BCUT2D eigenvalue weighted by Gasteiger charge is 2.16. The van der Waals surface area contributed by atoms with Gasteiger partial charge in [-0.05, 0) is 24.0 Å². The Hall–Kier alpha value is -1.63. The number of nitrogens with zero attached hydrogens (tertiary/aromatic N) is 1. The molecule has 4 N–H and O–H groups in total. The fraction of sp³-hybridized carbons (Fsp3) is 0.562. The molecule has 6 nitrogen and oxygen atoms in total. The Morgan fingerprint density at radius 3 is 2.95 bits per heavy atom. The number of benzene rings is 1. The number of rotatable bonds is 5. The molecular weight excluding hydrogens is 278 g/mol. The van der Waals surface area contributed by atoms with Crippen LogP contribution in [-0.4, -0.2) is 49.7 Å². The molecule has 2 aliphatic rings. The normalized spacial score (nSPS) is 21.4. The second kappa shape index (κ2) is 7.58. The Bertz CT molecular complexity index is 501. The number of hydrogen-bond donors (Lipinski definition) is 4. The minimum atomic E-state index is -0.0777. The smallest absolute Gasteiger partial charge is 0.314 e. The van der Waals surface area contributed by atoms with Crippen LogP contribution in [0, 0.1) is 0 Å². The van der Waals surface area contributed by atoms with E-state index in [9.17, 15) is 4.79 Å². The molecule has 0 aromatic heterocycles. The Morgan fingerprint density at radius 2 is 2.14 bits per heavy atom. The lowest BCUT2D eigenvalue weighted by Gasteiger charge is -2.28. The van der Waals surface area contributed by atoms with Gasteiger partial charge < -0.3 is 10.6 Å². The van der Waals surface area contributed by atoms with Crippen LogP contribution in [0.4, 0.5) is 4.79 Å². The molecule has 2 amide bonds. The van der Waals surface area contributed by atoms with E-state index < -0.39 is 0 Å². The monoisotopic (exact) mass is 303 g/mol. The number of amides is 2. The average Bonchev–Trinajstić information content (AvgIpc) is 3.06. The first-order valence-electron chi connectivity index (χ1n) is 8.10. The van der Waals surface area contributed by atoms with Crippen molar-refractivity contribution in [2.75, 3.05) is 32.7 Å². The first kappa shape index (κ1) is 15.3. The number of nitrogens with one attached hydrogen (secondary N) is 4. The van der Waals surface area contributed by atoms with Crippen molar-refractivity contribution in [1.29, 1.82) is 0 Å². The SMILES string of the molecule is O=C(NCCN1CCc2ccccc2C1)NCC1CCNN1. The molecule has 0 saturated carbocycles. The molecule has 1 unspecified atom stereocenters. The average molecular weight is 303 g/mol. The quantitative estimate of drug-likeness (QED) is 0.628. The summed E-state index contributed by atoms with van der Waals surface area (Å²) >= 11 is 0. The molecule has 0 spiro atoms. The van der Waals surface area contributed by atoms with E-state index >= 15 is 0 Å². The van der Waals surface area contributed by atoms with E-state index in [1.807, 2.05) is 0 Å². The number of carbonyl (C=O) groups is 1. The summed E-state index contributed by atoms with van der Waals surface area (Å²) in [4.78, 5) is 14.1. The summed E-state index contributed by atoms with van der Waals surface area (Å²) in [5.41, 5.74) is 9.07. The van der Waals surface area contributed by atoms with Crippen molar-refractivity contribution in [2.45, 2.75) is 25.4 Å². The molecule has 1 saturated heterocycles. The summed E-state index contributed by atoms with van der Waals surface area (Å²) in [6.07, 6.45) is 2.15. The van der Waals surface area contributed by atoms with Gasteiger partial charge in [-0.25, -0.2) is 4.79 Å². The van der Waals surface area contributed by atoms with Crippen LogP contribution < -0.4 is 21.5 Å². The topological polar surface area (TPSA) is 68.4 Å². The Kier molecular flexibility index (Phi) is 5.26. The maximum Gasteiger partial charge on any atom is 0.314 e. The fourth-order valence-electron chi connectivity index (χ4n) is 3.04. The molecule has 1 aromatic carbocycles. The van der Waals surface area contributed by atoms with Crippen molar-refractivity contribution >= 4 is 6.03 Å². The molecule has 2 heterocycles. The lowest BCUT2D eigenvalue weighted by atomic mass is 10.00. The lowest BCUT2D eigenvalue weighted by Crippen LogP contribution is -2.45. The number of urea groups is 1. The second-order valence-corrected chi connectivity index (χ2v) is 5.99. The highest BCUT2D eigenvalue weighted by molar-refractivity contribution is 5.73. The molecule has 1 atom stereocenters. The van der Waals surface area contributed by atoms with E-state index in [-0.39, 0.29) is 6.03 Å². The van der Waals surface area contributed by atoms with Crippen LogP contribution in [0.25, 0.3) is 0 Å². The highest BCUT2D eigenvalue weighted by atomic mass is 16.2. The maximum absolute atomic E-state index is 11.8. The molecule has 2 aliphatic heterocycles.